The lowest BCUT2D eigenvalue weighted by molar-refractivity contribution is 0.317. The maximum atomic E-state index is 5.33. The Kier molecular flexibility index (Phi) is 4.57. The summed E-state index contributed by atoms with van der Waals surface area (Å²) < 4.78 is 1.85. The van der Waals surface area contributed by atoms with Crippen molar-refractivity contribution in [1.82, 2.24) is 19.9 Å². The number of hydrogen-bond donors (Lipinski definition) is 2. The topological polar surface area (TPSA) is 54.8 Å². The molecule has 112 valence electrons. The van der Waals surface area contributed by atoms with Gasteiger partial charge in [-0.1, -0.05) is 20.8 Å². The highest BCUT2D eigenvalue weighted by Gasteiger charge is 2.20. The van der Waals surface area contributed by atoms with E-state index in [1.54, 1.807) is 18.7 Å². The van der Waals surface area contributed by atoms with Crippen molar-refractivity contribution in [2.45, 2.75) is 33.7 Å². The first-order valence-corrected chi connectivity index (χ1v) is 7.29. The van der Waals surface area contributed by atoms with Gasteiger partial charge < -0.3 is 10.6 Å². The Labute approximate surface area is 130 Å². The largest absolute Gasteiger partial charge is 0.359 e. The SMILES string of the molecule is CC(NC(=S)Nc1ccc(-n2ccnc2)nc1)C(C)(C)C. The Bertz CT molecular complexity index is 584. The van der Waals surface area contributed by atoms with Gasteiger partial charge in [0, 0.05) is 18.4 Å². The van der Waals surface area contributed by atoms with Gasteiger partial charge in [-0.3, -0.25) is 4.57 Å². The Hall–Kier alpha value is -1.95. The van der Waals surface area contributed by atoms with E-state index in [9.17, 15) is 0 Å². The zero-order valence-electron chi connectivity index (χ0n) is 12.8. The van der Waals surface area contributed by atoms with Crippen molar-refractivity contribution in [3.8, 4) is 5.82 Å². The first kappa shape index (κ1) is 15.4. The van der Waals surface area contributed by atoms with Gasteiger partial charge in [0.1, 0.15) is 12.1 Å². The molecule has 2 aromatic heterocycles. The maximum absolute atomic E-state index is 5.33. The standard InChI is InChI=1S/C15H21N5S/c1-11(15(2,3)4)18-14(21)19-12-5-6-13(17-9-12)20-8-7-16-10-20/h5-11H,1-4H3,(H2,18,19,21). The van der Waals surface area contributed by atoms with E-state index < -0.39 is 0 Å². The van der Waals surface area contributed by atoms with Crippen LogP contribution in [0.3, 0.4) is 0 Å². The Morgan fingerprint density at radius 1 is 1.33 bits per heavy atom. The smallest absolute Gasteiger partial charge is 0.171 e. The van der Waals surface area contributed by atoms with E-state index in [0.29, 0.717) is 5.11 Å². The molecule has 1 unspecified atom stereocenters. The highest BCUT2D eigenvalue weighted by atomic mass is 32.1. The van der Waals surface area contributed by atoms with Crippen LogP contribution in [-0.2, 0) is 0 Å². The lowest BCUT2D eigenvalue weighted by Crippen LogP contribution is -2.43. The molecule has 0 bridgehead atoms. The van der Waals surface area contributed by atoms with Gasteiger partial charge in [-0.2, -0.15) is 0 Å². The molecule has 0 amide bonds. The molecule has 0 aromatic carbocycles. The molecule has 0 spiro atoms. The van der Waals surface area contributed by atoms with Crippen LogP contribution in [0, 0.1) is 5.41 Å². The number of imidazole rings is 1. The summed E-state index contributed by atoms with van der Waals surface area (Å²) in [5.74, 6) is 0.819. The Morgan fingerprint density at radius 2 is 2.10 bits per heavy atom. The molecule has 0 radical (unpaired) electrons. The summed E-state index contributed by atoms with van der Waals surface area (Å²) in [5, 5.41) is 7.04. The summed E-state index contributed by atoms with van der Waals surface area (Å²) in [7, 11) is 0. The first-order chi connectivity index (χ1) is 9.86. The summed E-state index contributed by atoms with van der Waals surface area (Å²) >= 11 is 5.33. The van der Waals surface area contributed by atoms with Crippen LogP contribution >= 0.6 is 12.2 Å². The van der Waals surface area contributed by atoms with Gasteiger partial charge in [-0.05, 0) is 36.7 Å². The fourth-order valence-corrected chi connectivity index (χ4v) is 1.88. The summed E-state index contributed by atoms with van der Waals surface area (Å²) in [6.45, 7) is 8.65. The molecule has 0 fully saturated rings. The van der Waals surface area contributed by atoms with Crippen LogP contribution in [-0.4, -0.2) is 25.7 Å². The van der Waals surface area contributed by atoms with Crippen LogP contribution in [0.1, 0.15) is 27.7 Å². The van der Waals surface area contributed by atoms with Crippen LogP contribution in [0.2, 0.25) is 0 Å². The minimum Gasteiger partial charge on any atom is -0.359 e. The summed E-state index contributed by atoms with van der Waals surface area (Å²) in [4.78, 5) is 8.38. The third kappa shape index (κ3) is 4.26. The maximum Gasteiger partial charge on any atom is 0.171 e. The minimum absolute atomic E-state index is 0.148. The van der Waals surface area contributed by atoms with Gasteiger partial charge in [-0.15, -0.1) is 0 Å². The highest BCUT2D eigenvalue weighted by Crippen LogP contribution is 2.18. The Morgan fingerprint density at radius 3 is 2.62 bits per heavy atom. The third-order valence-corrected chi connectivity index (χ3v) is 3.64. The number of nitrogens with one attached hydrogen (secondary N) is 2. The summed E-state index contributed by atoms with van der Waals surface area (Å²) in [5.41, 5.74) is 1.01. The number of thiocarbonyl (C=S) groups is 1. The molecular formula is C15H21N5S. The molecule has 0 saturated heterocycles. The molecular weight excluding hydrogens is 282 g/mol. The van der Waals surface area contributed by atoms with E-state index in [-0.39, 0.29) is 11.5 Å². The second-order valence-electron chi connectivity index (χ2n) is 6.06. The number of rotatable bonds is 3. The molecule has 0 aliphatic heterocycles. The molecule has 2 rings (SSSR count). The number of hydrogen-bond acceptors (Lipinski definition) is 3. The van der Waals surface area contributed by atoms with Crippen molar-refractivity contribution in [2.75, 3.05) is 5.32 Å². The lowest BCUT2D eigenvalue weighted by Gasteiger charge is -2.29. The van der Waals surface area contributed by atoms with Crippen molar-refractivity contribution in [2.24, 2.45) is 5.41 Å². The summed E-state index contributed by atoms with van der Waals surface area (Å²) in [6, 6.07) is 4.13. The van der Waals surface area contributed by atoms with Gasteiger partial charge >= 0.3 is 0 Å². The highest BCUT2D eigenvalue weighted by molar-refractivity contribution is 7.80. The molecule has 2 aromatic rings. The molecule has 0 aliphatic rings. The number of aromatic nitrogens is 3. The van der Waals surface area contributed by atoms with Gasteiger partial charge in [-0.25, -0.2) is 9.97 Å². The predicted molar refractivity (Wildman–Crippen MR) is 89.6 cm³/mol. The normalized spacial score (nSPS) is 12.8. The molecule has 21 heavy (non-hydrogen) atoms. The van der Waals surface area contributed by atoms with E-state index in [0.717, 1.165) is 11.5 Å². The number of pyridine rings is 1. The van der Waals surface area contributed by atoms with E-state index >= 15 is 0 Å². The van der Waals surface area contributed by atoms with Crippen molar-refractivity contribution in [3.63, 3.8) is 0 Å². The second kappa shape index (κ2) is 6.22. The van der Waals surface area contributed by atoms with Gasteiger partial charge in [0.25, 0.3) is 0 Å². The fourth-order valence-electron chi connectivity index (χ4n) is 1.59. The summed E-state index contributed by atoms with van der Waals surface area (Å²) in [6.07, 6.45) is 7.05. The number of anilines is 1. The van der Waals surface area contributed by atoms with Crippen LogP contribution in [0.15, 0.2) is 37.1 Å². The van der Waals surface area contributed by atoms with Gasteiger partial charge in [0.2, 0.25) is 0 Å². The molecule has 1 atom stereocenters. The molecule has 5 nitrogen and oxygen atoms in total. The fraction of sp³-hybridized carbons (Fsp3) is 0.400. The van der Waals surface area contributed by atoms with E-state index in [4.69, 9.17) is 12.2 Å². The number of nitrogens with zero attached hydrogens (tertiary/aromatic N) is 3. The van der Waals surface area contributed by atoms with Crippen LogP contribution in [0.5, 0.6) is 0 Å². The predicted octanol–water partition coefficient (Wildman–Crippen LogP) is 2.99. The van der Waals surface area contributed by atoms with Gasteiger partial charge in [0.15, 0.2) is 5.11 Å². The zero-order valence-corrected chi connectivity index (χ0v) is 13.6. The van der Waals surface area contributed by atoms with E-state index in [1.165, 1.54) is 0 Å². The first-order valence-electron chi connectivity index (χ1n) is 6.88. The molecule has 0 saturated carbocycles. The second-order valence-corrected chi connectivity index (χ2v) is 6.47. The molecule has 0 aliphatic carbocycles. The van der Waals surface area contributed by atoms with E-state index in [1.807, 2.05) is 22.9 Å². The monoisotopic (exact) mass is 303 g/mol. The minimum atomic E-state index is 0.148. The van der Waals surface area contributed by atoms with Crippen molar-refractivity contribution in [1.29, 1.82) is 0 Å². The molecule has 2 heterocycles. The van der Waals surface area contributed by atoms with Crippen molar-refractivity contribution >= 4 is 23.0 Å². The molecule has 2 N–H and O–H groups in total. The lowest BCUT2D eigenvalue weighted by atomic mass is 9.88. The zero-order chi connectivity index (χ0) is 15.5. The van der Waals surface area contributed by atoms with Crippen molar-refractivity contribution in [3.05, 3.63) is 37.1 Å². The van der Waals surface area contributed by atoms with Crippen LogP contribution in [0.25, 0.3) is 5.82 Å². The van der Waals surface area contributed by atoms with Crippen LogP contribution in [0.4, 0.5) is 5.69 Å². The van der Waals surface area contributed by atoms with Crippen molar-refractivity contribution < 1.29 is 0 Å². The average molecular weight is 303 g/mol. The quantitative estimate of drug-likeness (QED) is 0.854. The van der Waals surface area contributed by atoms with E-state index in [2.05, 4.69) is 48.3 Å². The average Bonchev–Trinajstić information content (AvgIpc) is 2.92. The Balaban J connectivity index is 1.96. The third-order valence-electron chi connectivity index (χ3n) is 3.42. The van der Waals surface area contributed by atoms with Gasteiger partial charge in [0.05, 0.1) is 11.9 Å². The molecule has 6 heteroatoms. The van der Waals surface area contributed by atoms with Crippen LogP contribution < -0.4 is 10.6 Å².